The van der Waals surface area contributed by atoms with Crippen molar-refractivity contribution in [2.45, 2.75) is 147 Å². The molecule has 0 radical (unpaired) electrons. The molecule has 0 nitrogen and oxygen atoms in total. The van der Waals surface area contributed by atoms with Gasteiger partial charge in [0, 0.05) is 0 Å². The Hall–Kier alpha value is -0.520. The molecule has 0 bridgehead atoms. The van der Waals surface area contributed by atoms with E-state index < -0.39 is 0 Å². The highest BCUT2D eigenvalue weighted by Crippen LogP contribution is 2.63. The number of fused-ring (bicyclic) bond motifs is 2. The van der Waals surface area contributed by atoms with Gasteiger partial charge in [-0.25, -0.2) is 0 Å². The Labute approximate surface area is 253 Å². The van der Waals surface area contributed by atoms with Gasteiger partial charge in [-0.15, -0.1) is 6.58 Å². The largest absolute Gasteiger partial charge is 0.100 e. The van der Waals surface area contributed by atoms with Crippen molar-refractivity contribution in [1.29, 1.82) is 0 Å². The fourth-order valence-electron chi connectivity index (χ4n) is 11.6. The third-order valence-corrected chi connectivity index (χ3v) is 13.0. The van der Waals surface area contributed by atoms with Gasteiger partial charge in [0.25, 0.3) is 0 Å². The Kier molecular flexibility index (Phi) is 12.6. The predicted octanol–water partition coefficient (Wildman–Crippen LogP) is 12.6. The molecule has 0 aliphatic heterocycles. The van der Waals surface area contributed by atoms with Crippen LogP contribution in [0.25, 0.3) is 0 Å². The first-order chi connectivity index (χ1) is 19.0. The van der Waals surface area contributed by atoms with Crippen LogP contribution in [0.1, 0.15) is 147 Å². The van der Waals surface area contributed by atoms with Crippen molar-refractivity contribution in [3.63, 3.8) is 0 Å². The maximum Gasteiger partial charge on any atom is -0.0199 e. The molecule has 0 spiro atoms. The van der Waals surface area contributed by atoms with Crippen LogP contribution in [0.2, 0.25) is 0 Å². The molecule has 232 valence electrons. The van der Waals surface area contributed by atoms with Gasteiger partial charge < -0.3 is 0 Å². The van der Waals surface area contributed by atoms with Crippen LogP contribution in [0.5, 0.6) is 0 Å². The normalized spacial score (nSPS) is 43.5. The van der Waals surface area contributed by atoms with Gasteiger partial charge in [-0.3, -0.25) is 0 Å². The molecule has 0 heterocycles. The Morgan fingerprint density at radius 3 is 2.17 bits per heavy atom. The molecule has 3 fully saturated rings. The number of rotatable bonds is 10. The van der Waals surface area contributed by atoms with Crippen molar-refractivity contribution in [1.82, 2.24) is 0 Å². The third kappa shape index (κ3) is 7.51. The maximum absolute atomic E-state index is 4.45. The molecule has 0 heteroatoms. The Bertz CT molecular complexity index is 803. The van der Waals surface area contributed by atoms with Crippen molar-refractivity contribution in [2.75, 3.05) is 0 Å². The lowest BCUT2D eigenvalue weighted by atomic mass is 9.45. The lowest BCUT2D eigenvalue weighted by Gasteiger charge is -2.60. The molecule has 3 saturated carbocycles. The summed E-state index contributed by atoms with van der Waals surface area (Å²) in [5, 5.41) is 0. The van der Waals surface area contributed by atoms with Crippen molar-refractivity contribution < 1.29 is 0 Å². The van der Waals surface area contributed by atoms with Crippen molar-refractivity contribution >= 4 is 0 Å². The minimum Gasteiger partial charge on any atom is -0.100 e. The minimum atomic E-state index is 0.448. The topological polar surface area (TPSA) is 0 Å². The highest BCUT2D eigenvalue weighted by Gasteiger charge is 2.55. The summed E-state index contributed by atoms with van der Waals surface area (Å²) >= 11 is 0. The molecule has 0 aromatic rings. The van der Waals surface area contributed by atoms with Gasteiger partial charge in [-0.1, -0.05) is 99.8 Å². The monoisotopic (exact) mass is 553 g/mol. The highest BCUT2D eigenvalue weighted by molar-refractivity contribution is 5.09. The lowest BCUT2D eigenvalue weighted by Crippen LogP contribution is -2.52. The van der Waals surface area contributed by atoms with Gasteiger partial charge in [0.1, 0.15) is 0 Å². The molecule has 0 N–H and O–H groups in total. The smallest absolute Gasteiger partial charge is 0.0199 e. The maximum atomic E-state index is 4.45. The third-order valence-electron chi connectivity index (χ3n) is 13.0. The van der Waals surface area contributed by atoms with E-state index >= 15 is 0 Å². The van der Waals surface area contributed by atoms with Crippen molar-refractivity contribution in [3.8, 4) is 0 Å². The quantitative estimate of drug-likeness (QED) is 0.236. The molecule has 13 unspecified atom stereocenters. The molecule has 0 saturated heterocycles. The standard InChI is InChI=1S/C38H66.C2H6/c1-11-29-15-16-30(28(29)9)19-31-14-13-27(8)33-21-35-32(20-34(31)33)23-38(10,22-25(5)6)37(12-2)36(35)18-26(7)17-24(3)4;1-2/h15-16,24,26-37H,5,11-14,17-23H2,1-4,6-10H3;1-2H3. The molecule has 40 heavy (non-hydrogen) atoms. The Balaban J connectivity index is 0.00000216. The van der Waals surface area contributed by atoms with Crippen LogP contribution in [-0.4, -0.2) is 0 Å². The summed E-state index contributed by atoms with van der Waals surface area (Å²) in [6.45, 7) is 31.0. The zero-order valence-electron chi connectivity index (χ0n) is 29.1. The Morgan fingerprint density at radius 2 is 1.60 bits per heavy atom. The van der Waals surface area contributed by atoms with Crippen LogP contribution in [0, 0.1) is 82.3 Å². The molecular weight excluding hydrogens is 480 g/mol. The summed E-state index contributed by atoms with van der Waals surface area (Å²) in [5.41, 5.74) is 1.87. The fraction of sp³-hybridized carbons (Fsp3) is 0.900. The molecule has 4 aliphatic carbocycles. The average molecular weight is 553 g/mol. The molecule has 0 aromatic carbocycles. The van der Waals surface area contributed by atoms with E-state index in [1.165, 1.54) is 63.4 Å². The van der Waals surface area contributed by atoms with Crippen LogP contribution >= 0.6 is 0 Å². The van der Waals surface area contributed by atoms with E-state index in [2.05, 4.69) is 81.0 Å². The fourth-order valence-corrected chi connectivity index (χ4v) is 11.6. The summed E-state index contributed by atoms with van der Waals surface area (Å²) in [6.07, 6.45) is 21.1. The molecular formula is C40H72. The molecule has 0 amide bonds. The number of hydrogen-bond donors (Lipinski definition) is 0. The van der Waals surface area contributed by atoms with E-state index in [1.807, 2.05) is 13.8 Å². The summed E-state index contributed by atoms with van der Waals surface area (Å²) < 4.78 is 0. The highest BCUT2D eigenvalue weighted by atomic mass is 14.6. The summed E-state index contributed by atoms with van der Waals surface area (Å²) in [6, 6.07) is 0. The molecule has 4 aliphatic rings. The Morgan fingerprint density at radius 1 is 0.925 bits per heavy atom. The molecule has 4 rings (SSSR count). The predicted molar refractivity (Wildman–Crippen MR) is 179 cm³/mol. The van der Waals surface area contributed by atoms with Gasteiger partial charge in [-0.2, -0.15) is 0 Å². The summed E-state index contributed by atoms with van der Waals surface area (Å²) in [7, 11) is 0. The van der Waals surface area contributed by atoms with Crippen LogP contribution < -0.4 is 0 Å². The van der Waals surface area contributed by atoms with Crippen LogP contribution in [0.15, 0.2) is 24.3 Å². The van der Waals surface area contributed by atoms with Gasteiger partial charge in [-0.05, 0) is 147 Å². The zero-order valence-corrected chi connectivity index (χ0v) is 29.1. The van der Waals surface area contributed by atoms with E-state index in [0.717, 1.165) is 76.9 Å². The van der Waals surface area contributed by atoms with Gasteiger partial charge in [0.15, 0.2) is 0 Å². The van der Waals surface area contributed by atoms with E-state index in [1.54, 1.807) is 12.8 Å². The number of allylic oxidation sites excluding steroid dienone is 3. The van der Waals surface area contributed by atoms with Crippen LogP contribution in [0.4, 0.5) is 0 Å². The first-order valence-electron chi connectivity index (χ1n) is 18.3. The zero-order chi connectivity index (χ0) is 29.8. The second-order valence-electron chi connectivity index (χ2n) is 16.4. The van der Waals surface area contributed by atoms with E-state index in [0.29, 0.717) is 5.41 Å². The number of hydrogen-bond acceptors (Lipinski definition) is 0. The lowest BCUT2D eigenvalue weighted by molar-refractivity contribution is -0.105. The van der Waals surface area contributed by atoms with Gasteiger partial charge in [0.2, 0.25) is 0 Å². The molecule has 13 atom stereocenters. The SMILES string of the molecule is C=C(C)CC1(C)CC2CC3C(CC4C=CC(CC)C4C)CCC(C)C3CC2C(CC(C)CC(C)C)C1CC.CC. The van der Waals surface area contributed by atoms with Crippen molar-refractivity contribution in [2.24, 2.45) is 82.3 Å². The minimum absolute atomic E-state index is 0.448. The van der Waals surface area contributed by atoms with Gasteiger partial charge in [0.05, 0.1) is 0 Å². The van der Waals surface area contributed by atoms with Gasteiger partial charge >= 0.3 is 0 Å². The van der Waals surface area contributed by atoms with E-state index in [-0.39, 0.29) is 0 Å². The van der Waals surface area contributed by atoms with E-state index in [9.17, 15) is 0 Å². The second kappa shape index (κ2) is 14.8. The van der Waals surface area contributed by atoms with Crippen molar-refractivity contribution in [3.05, 3.63) is 24.3 Å². The first kappa shape index (κ1) is 34.0. The van der Waals surface area contributed by atoms with Crippen LogP contribution in [0.3, 0.4) is 0 Å². The average Bonchev–Trinajstić information content (AvgIpc) is 3.24. The second-order valence-corrected chi connectivity index (χ2v) is 16.4. The summed E-state index contributed by atoms with van der Waals surface area (Å²) in [5.74, 6) is 11.8. The molecule has 0 aromatic heterocycles. The summed E-state index contributed by atoms with van der Waals surface area (Å²) in [4.78, 5) is 0. The van der Waals surface area contributed by atoms with E-state index in [4.69, 9.17) is 0 Å². The first-order valence-corrected chi connectivity index (χ1v) is 18.3. The van der Waals surface area contributed by atoms with Crippen LogP contribution in [-0.2, 0) is 0 Å².